The van der Waals surface area contributed by atoms with Gasteiger partial charge in [-0.1, -0.05) is 24.3 Å². The molecule has 2 aromatic carbocycles. The molecule has 0 bridgehead atoms. The largest absolute Gasteiger partial charge is 0.497 e. The molecule has 1 amide bonds. The lowest BCUT2D eigenvalue weighted by Gasteiger charge is -2.11. The minimum atomic E-state index is -0.299. The van der Waals surface area contributed by atoms with Crippen molar-refractivity contribution >= 4 is 17.3 Å². The summed E-state index contributed by atoms with van der Waals surface area (Å²) >= 11 is 0. The first kappa shape index (κ1) is 18.3. The van der Waals surface area contributed by atoms with Crippen LogP contribution in [0.5, 0.6) is 11.5 Å². The van der Waals surface area contributed by atoms with Gasteiger partial charge in [0.15, 0.2) is 0 Å². The second-order valence-corrected chi connectivity index (χ2v) is 5.79. The van der Waals surface area contributed by atoms with E-state index >= 15 is 0 Å². The molecule has 0 saturated carbocycles. The van der Waals surface area contributed by atoms with E-state index in [1.807, 2.05) is 42.5 Å². The maximum Gasteiger partial charge on any atom is 0.274 e. The van der Waals surface area contributed by atoms with Gasteiger partial charge in [0.1, 0.15) is 17.2 Å². The van der Waals surface area contributed by atoms with Gasteiger partial charge in [0, 0.05) is 18.4 Å². The van der Waals surface area contributed by atoms with Crippen LogP contribution in [0, 0.1) is 0 Å². The average Bonchev–Trinajstić information content (AvgIpc) is 2.73. The number of nitrogens with zero attached hydrogens (tertiary/aromatic N) is 1. The smallest absolute Gasteiger partial charge is 0.274 e. The quantitative estimate of drug-likeness (QED) is 0.665. The van der Waals surface area contributed by atoms with Gasteiger partial charge in [-0.25, -0.2) is 0 Å². The summed E-state index contributed by atoms with van der Waals surface area (Å²) in [5, 5.41) is 6.12. The number of pyridine rings is 1. The molecule has 2 N–H and O–H groups in total. The summed E-state index contributed by atoms with van der Waals surface area (Å²) in [5.41, 5.74) is 2.84. The molecular weight excluding hydrogens is 342 g/mol. The Morgan fingerprint density at radius 1 is 1.00 bits per heavy atom. The Labute approximate surface area is 158 Å². The second kappa shape index (κ2) is 8.71. The van der Waals surface area contributed by atoms with Gasteiger partial charge in [-0.15, -0.1) is 0 Å². The van der Waals surface area contributed by atoms with Crippen LogP contribution in [0.15, 0.2) is 66.9 Å². The van der Waals surface area contributed by atoms with Crippen LogP contribution in [-0.4, -0.2) is 25.1 Å². The van der Waals surface area contributed by atoms with Crippen LogP contribution in [0.3, 0.4) is 0 Å². The third kappa shape index (κ3) is 4.76. The molecule has 6 heteroatoms. The number of carbonyl (C=O) groups excluding carboxylic acids is 1. The Morgan fingerprint density at radius 3 is 2.52 bits per heavy atom. The number of nitrogens with one attached hydrogen (secondary N) is 2. The first-order valence-electron chi connectivity index (χ1n) is 8.47. The zero-order valence-corrected chi connectivity index (χ0v) is 15.2. The van der Waals surface area contributed by atoms with Crippen molar-refractivity contribution in [1.29, 1.82) is 0 Å². The lowest BCUT2D eigenvalue weighted by molar-refractivity contribution is 0.102. The summed E-state index contributed by atoms with van der Waals surface area (Å²) in [6, 6.07) is 18.6. The Bertz CT molecular complexity index is 911. The molecule has 0 aliphatic carbocycles. The minimum Gasteiger partial charge on any atom is -0.497 e. The number of benzene rings is 2. The van der Waals surface area contributed by atoms with Crippen LogP contribution in [0.2, 0.25) is 0 Å². The Morgan fingerprint density at radius 2 is 1.78 bits per heavy atom. The van der Waals surface area contributed by atoms with Crippen molar-refractivity contribution in [2.75, 3.05) is 24.9 Å². The lowest BCUT2D eigenvalue weighted by atomic mass is 10.2. The van der Waals surface area contributed by atoms with Crippen LogP contribution in [0.4, 0.5) is 11.4 Å². The molecule has 3 aromatic rings. The molecule has 138 valence electrons. The van der Waals surface area contributed by atoms with Gasteiger partial charge in [0.2, 0.25) is 0 Å². The molecule has 27 heavy (non-hydrogen) atoms. The molecule has 1 aromatic heterocycles. The molecule has 0 aliphatic heterocycles. The van der Waals surface area contributed by atoms with Crippen molar-refractivity contribution in [2.45, 2.75) is 6.54 Å². The number of hydrogen-bond donors (Lipinski definition) is 2. The fourth-order valence-electron chi connectivity index (χ4n) is 2.55. The molecule has 1 heterocycles. The number of rotatable bonds is 7. The fourth-order valence-corrected chi connectivity index (χ4v) is 2.55. The molecule has 0 aliphatic rings. The molecule has 0 radical (unpaired) electrons. The van der Waals surface area contributed by atoms with Crippen molar-refractivity contribution in [2.24, 2.45) is 0 Å². The average molecular weight is 363 g/mol. The predicted octanol–water partition coefficient (Wildman–Crippen LogP) is 3.96. The summed E-state index contributed by atoms with van der Waals surface area (Å²) in [6.45, 7) is 0.627. The van der Waals surface area contributed by atoms with Crippen LogP contribution in [-0.2, 0) is 6.54 Å². The van der Waals surface area contributed by atoms with Gasteiger partial charge in [0.05, 0.1) is 19.9 Å². The number of aromatic nitrogens is 1. The maximum atomic E-state index is 12.5. The zero-order chi connectivity index (χ0) is 19.1. The molecular formula is C21H21N3O3. The highest BCUT2D eigenvalue weighted by molar-refractivity contribution is 6.04. The van der Waals surface area contributed by atoms with Gasteiger partial charge in [-0.05, 0) is 42.0 Å². The number of carbonyl (C=O) groups is 1. The standard InChI is InChI=1S/C21H21N3O3/c1-26-17-9-7-15(8-10-17)14-23-16-11-12-22-19(13-16)21(25)24-18-5-3-4-6-20(18)27-2/h3-13H,14H2,1-2H3,(H,22,23)(H,24,25). The van der Waals surface area contributed by atoms with Crippen molar-refractivity contribution in [1.82, 2.24) is 4.98 Å². The van der Waals surface area contributed by atoms with Gasteiger partial charge >= 0.3 is 0 Å². The van der Waals surface area contributed by atoms with E-state index in [-0.39, 0.29) is 5.91 Å². The van der Waals surface area contributed by atoms with E-state index in [4.69, 9.17) is 9.47 Å². The Balaban J connectivity index is 1.66. The molecule has 0 spiro atoms. The topological polar surface area (TPSA) is 72.5 Å². The summed E-state index contributed by atoms with van der Waals surface area (Å²) < 4.78 is 10.4. The van der Waals surface area contributed by atoms with Crippen molar-refractivity contribution < 1.29 is 14.3 Å². The molecule has 6 nitrogen and oxygen atoms in total. The van der Waals surface area contributed by atoms with E-state index < -0.39 is 0 Å². The van der Waals surface area contributed by atoms with Crippen molar-refractivity contribution in [3.05, 3.63) is 78.1 Å². The van der Waals surface area contributed by atoms with E-state index in [1.54, 1.807) is 38.6 Å². The lowest BCUT2D eigenvalue weighted by Crippen LogP contribution is -2.14. The van der Waals surface area contributed by atoms with E-state index in [2.05, 4.69) is 15.6 Å². The SMILES string of the molecule is COc1ccc(CNc2ccnc(C(=O)Nc3ccccc3OC)c2)cc1. The van der Waals surface area contributed by atoms with Crippen LogP contribution in [0.1, 0.15) is 16.1 Å². The van der Waals surface area contributed by atoms with Crippen LogP contribution < -0.4 is 20.1 Å². The number of hydrogen-bond acceptors (Lipinski definition) is 5. The highest BCUT2D eigenvalue weighted by Gasteiger charge is 2.11. The number of para-hydroxylation sites is 2. The molecule has 0 saturated heterocycles. The normalized spacial score (nSPS) is 10.1. The van der Waals surface area contributed by atoms with E-state index in [0.29, 0.717) is 23.7 Å². The highest BCUT2D eigenvalue weighted by atomic mass is 16.5. The van der Waals surface area contributed by atoms with E-state index in [1.165, 1.54) is 0 Å². The summed E-state index contributed by atoms with van der Waals surface area (Å²) in [4.78, 5) is 16.7. The fraction of sp³-hybridized carbons (Fsp3) is 0.143. The predicted molar refractivity (Wildman–Crippen MR) is 106 cm³/mol. The van der Waals surface area contributed by atoms with Crippen molar-refractivity contribution in [3.63, 3.8) is 0 Å². The zero-order valence-electron chi connectivity index (χ0n) is 15.2. The number of methoxy groups -OCH3 is 2. The minimum absolute atomic E-state index is 0.299. The van der Waals surface area contributed by atoms with Gasteiger partial charge in [-0.2, -0.15) is 0 Å². The highest BCUT2D eigenvalue weighted by Crippen LogP contribution is 2.23. The molecule has 3 rings (SSSR count). The third-order valence-electron chi connectivity index (χ3n) is 4.00. The Kier molecular flexibility index (Phi) is 5.89. The monoisotopic (exact) mass is 363 g/mol. The number of ether oxygens (including phenoxy) is 2. The first-order valence-corrected chi connectivity index (χ1v) is 8.47. The van der Waals surface area contributed by atoms with E-state index in [0.717, 1.165) is 17.0 Å². The summed E-state index contributed by atoms with van der Waals surface area (Å²) in [5.74, 6) is 1.12. The van der Waals surface area contributed by atoms with Gasteiger partial charge < -0.3 is 20.1 Å². The molecule has 0 unspecified atom stereocenters. The van der Waals surface area contributed by atoms with Crippen molar-refractivity contribution in [3.8, 4) is 11.5 Å². The number of anilines is 2. The molecule has 0 atom stereocenters. The Hall–Kier alpha value is -3.54. The second-order valence-electron chi connectivity index (χ2n) is 5.79. The summed E-state index contributed by atoms with van der Waals surface area (Å²) in [7, 11) is 3.20. The van der Waals surface area contributed by atoms with Gasteiger partial charge in [-0.3, -0.25) is 9.78 Å². The van der Waals surface area contributed by atoms with Crippen LogP contribution in [0.25, 0.3) is 0 Å². The maximum absolute atomic E-state index is 12.5. The first-order chi connectivity index (χ1) is 13.2. The third-order valence-corrected chi connectivity index (χ3v) is 4.00. The van der Waals surface area contributed by atoms with E-state index in [9.17, 15) is 4.79 Å². The molecule has 0 fully saturated rings. The van der Waals surface area contributed by atoms with Gasteiger partial charge in [0.25, 0.3) is 5.91 Å². The summed E-state index contributed by atoms with van der Waals surface area (Å²) in [6.07, 6.45) is 1.60. The van der Waals surface area contributed by atoms with Crippen LogP contribution >= 0.6 is 0 Å². The number of amides is 1.